The van der Waals surface area contributed by atoms with Crippen LogP contribution in [-0.2, 0) is 9.47 Å². The molecule has 0 aromatic rings. The zero-order valence-corrected chi connectivity index (χ0v) is 8.51. The smallest absolute Gasteiger partial charge is 0.0578 e. The average Bonchev–Trinajstić information content (AvgIpc) is 2.15. The lowest BCUT2D eigenvalue weighted by Crippen LogP contribution is -2.28. The molecule has 0 aromatic carbocycles. The standard InChI is InChI=1S/C11H18O2/c1-5-7-8-11(6-2,9-12-3)10-13-4/h6-7H,1-2,8-10H2,3-4H3. The fourth-order valence-corrected chi connectivity index (χ4v) is 1.21. The van der Waals surface area contributed by atoms with E-state index < -0.39 is 0 Å². The SMILES string of the molecule is C=C=CCC(C=C)(COC)COC. The summed E-state index contributed by atoms with van der Waals surface area (Å²) in [5.41, 5.74) is 2.60. The summed E-state index contributed by atoms with van der Waals surface area (Å²) < 4.78 is 10.3. The highest BCUT2D eigenvalue weighted by atomic mass is 16.5. The highest BCUT2D eigenvalue weighted by Gasteiger charge is 2.25. The molecule has 0 saturated carbocycles. The maximum atomic E-state index is 5.13. The molecule has 0 bridgehead atoms. The van der Waals surface area contributed by atoms with Gasteiger partial charge in [-0.05, 0) is 12.5 Å². The molecule has 0 heterocycles. The summed E-state index contributed by atoms with van der Waals surface area (Å²) >= 11 is 0. The van der Waals surface area contributed by atoms with Gasteiger partial charge in [0.1, 0.15) is 0 Å². The van der Waals surface area contributed by atoms with Crippen LogP contribution in [0.5, 0.6) is 0 Å². The van der Waals surface area contributed by atoms with E-state index in [4.69, 9.17) is 9.47 Å². The van der Waals surface area contributed by atoms with E-state index in [9.17, 15) is 0 Å². The summed E-state index contributed by atoms with van der Waals surface area (Å²) in [4.78, 5) is 0. The van der Waals surface area contributed by atoms with Gasteiger partial charge in [-0.15, -0.1) is 12.3 Å². The Labute approximate surface area is 80.5 Å². The number of allylic oxidation sites excluding steroid dienone is 1. The molecule has 0 aliphatic heterocycles. The molecule has 0 rings (SSSR count). The lowest BCUT2D eigenvalue weighted by Gasteiger charge is -2.27. The molecule has 0 spiro atoms. The molecule has 74 valence electrons. The largest absolute Gasteiger partial charge is 0.384 e. The lowest BCUT2D eigenvalue weighted by molar-refractivity contribution is 0.0426. The van der Waals surface area contributed by atoms with Crippen molar-refractivity contribution < 1.29 is 9.47 Å². The second-order valence-corrected chi connectivity index (χ2v) is 3.04. The molecule has 0 radical (unpaired) electrons. The van der Waals surface area contributed by atoms with Crippen LogP contribution in [0.15, 0.2) is 31.0 Å². The summed E-state index contributed by atoms with van der Waals surface area (Å²) in [6.45, 7) is 8.52. The van der Waals surface area contributed by atoms with Gasteiger partial charge in [0.25, 0.3) is 0 Å². The van der Waals surface area contributed by atoms with Crippen LogP contribution < -0.4 is 0 Å². The molecule has 0 atom stereocenters. The summed E-state index contributed by atoms with van der Waals surface area (Å²) in [5.74, 6) is 0. The van der Waals surface area contributed by atoms with Gasteiger partial charge in [0.2, 0.25) is 0 Å². The van der Waals surface area contributed by atoms with Gasteiger partial charge in [-0.1, -0.05) is 12.7 Å². The zero-order chi connectivity index (χ0) is 10.2. The third-order valence-electron chi connectivity index (χ3n) is 1.95. The van der Waals surface area contributed by atoms with Gasteiger partial charge in [0, 0.05) is 19.6 Å². The number of hydrogen-bond donors (Lipinski definition) is 0. The van der Waals surface area contributed by atoms with Crippen LogP contribution in [0.2, 0.25) is 0 Å². The van der Waals surface area contributed by atoms with Crippen molar-refractivity contribution in [2.75, 3.05) is 27.4 Å². The number of hydrogen-bond acceptors (Lipinski definition) is 2. The van der Waals surface area contributed by atoms with Crippen LogP contribution >= 0.6 is 0 Å². The minimum atomic E-state index is -0.145. The normalized spacial score (nSPS) is 10.6. The van der Waals surface area contributed by atoms with Crippen LogP contribution in [0, 0.1) is 5.41 Å². The van der Waals surface area contributed by atoms with E-state index in [0.717, 1.165) is 6.42 Å². The Morgan fingerprint density at radius 2 is 1.85 bits per heavy atom. The molecule has 2 nitrogen and oxygen atoms in total. The highest BCUT2D eigenvalue weighted by molar-refractivity contribution is 5.00. The van der Waals surface area contributed by atoms with E-state index in [-0.39, 0.29) is 5.41 Å². The number of methoxy groups -OCH3 is 2. The molecule has 0 fully saturated rings. The molecule has 13 heavy (non-hydrogen) atoms. The van der Waals surface area contributed by atoms with E-state index in [1.807, 2.05) is 12.2 Å². The molecule has 0 aliphatic carbocycles. The van der Waals surface area contributed by atoms with Crippen molar-refractivity contribution in [2.24, 2.45) is 5.41 Å². The van der Waals surface area contributed by atoms with Crippen LogP contribution in [0.25, 0.3) is 0 Å². The fraction of sp³-hybridized carbons (Fsp3) is 0.545. The predicted molar refractivity (Wildman–Crippen MR) is 54.7 cm³/mol. The summed E-state index contributed by atoms with van der Waals surface area (Å²) in [5, 5.41) is 0. The topological polar surface area (TPSA) is 18.5 Å². The first-order valence-corrected chi connectivity index (χ1v) is 4.20. The van der Waals surface area contributed by atoms with Gasteiger partial charge >= 0.3 is 0 Å². The first-order valence-electron chi connectivity index (χ1n) is 4.20. The van der Waals surface area contributed by atoms with Crippen LogP contribution in [0.3, 0.4) is 0 Å². The Kier molecular flexibility index (Phi) is 6.25. The molecular formula is C11H18O2. The molecule has 0 aliphatic rings. The Hall–Kier alpha value is -0.820. The van der Waals surface area contributed by atoms with Crippen LogP contribution in [0.1, 0.15) is 6.42 Å². The second kappa shape index (κ2) is 6.67. The fourth-order valence-electron chi connectivity index (χ4n) is 1.21. The predicted octanol–water partition coefficient (Wildman–Crippen LogP) is 2.18. The number of ether oxygens (including phenoxy) is 2. The Bertz CT molecular complexity index is 184. The van der Waals surface area contributed by atoms with Gasteiger partial charge in [-0.25, -0.2) is 0 Å². The Morgan fingerprint density at radius 1 is 1.31 bits per heavy atom. The van der Waals surface area contributed by atoms with Crippen molar-refractivity contribution in [3.05, 3.63) is 31.0 Å². The van der Waals surface area contributed by atoms with E-state index in [2.05, 4.69) is 18.9 Å². The van der Waals surface area contributed by atoms with E-state index in [1.165, 1.54) is 0 Å². The molecule has 0 saturated heterocycles. The first-order chi connectivity index (χ1) is 6.24. The highest BCUT2D eigenvalue weighted by Crippen LogP contribution is 2.24. The van der Waals surface area contributed by atoms with Crippen molar-refractivity contribution in [1.29, 1.82) is 0 Å². The van der Waals surface area contributed by atoms with Crippen molar-refractivity contribution in [3.8, 4) is 0 Å². The molecule has 0 amide bonds. The van der Waals surface area contributed by atoms with Crippen molar-refractivity contribution in [3.63, 3.8) is 0 Å². The molecule has 0 aromatic heterocycles. The van der Waals surface area contributed by atoms with Crippen LogP contribution in [-0.4, -0.2) is 27.4 Å². The van der Waals surface area contributed by atoms with Crippen LogP contribution in [0.4, 0.5) is 0 Å². The maximum absolute atomic E-state index is 5.13. The molecule has 0 unspecified atom stereocenters. The molecule has 2 heteroatoms. The van der Waals surface area contributed by atoms with Crippen molar-refractivity contribution in [2.45, 2.75) is 6.42 Å². The van der Waals surface area contributed by atoms with E-state index in [0.29, 0.717) is 13.2 Å². The monoisotopic (exact) mass is 182 g/mol. The lowest BCUT2D eigenvalue weighted by atomic mass is 9.86. The van der Waals surface area contributed by atoms with Crippen molar-refractivity contribution in [1.82, 2.24) is 0 Å². The summed E-state index contributed by atoms with van der Waals surface area (Å²) in [6.07, 6.45) is 4.54. The van der Waals surface area contributed by atoms with E-state index in [1.54, 1.807) is 14.2 Å². The van der Waals surface area contributed by atoms with Crippen molar-refractivity contribution >= 4 is 0 Å². The Morgan fingerprint density at radius 3 is 2.15 bits per heavy atom. The van der Waals surface area contributed by atoms with Gasteiger partial charge in [-0.2, -0.15) is 0 Å². The molecular weight excluding hydrogens is 164 g/mol. The average molecular weight is 182 g/mol. The zero-order valence-electron chi connectivity index (χ0n) is 8.51. The second-order valence-electron chi connectivity index (χ2n) is 3.04. The van der Waals surface area contributed by atoms with Gasteiger partial charge in [0.05, 0.1) is 13.2 Å². The summed E-state index contributed by atoms with van der Waals surface area (Å²) in [7, 11) is 3.34. The van der Waals surface area contributed by atoms with E-state index >= 15 is 0 Å². The maximum Gasteiger partial charge on any atom is 0.0578 e. The number of rotatable bonds is 7. The minimum absolute atomic E-state index is 0.145. The quantitative estimate of drug-likeness (QED) is 0.444. The Balaban J connectivity index is 4.41. The third-order valence-corrected chi connectivity index (χ3v) is 1.95. The first kappa shape index (κ1) is 12.2. The van der Waals surface area contributed by atoms with Gasteiger partial charge in [-0.3, -0.25) is 0 Å². The van der Waals surface area contributed by atoms with Gasteiger partial charge < -0.3 is 9.47 Å². The summed E-state index contributed by atoms with van der Waals surface area (Å²) in [6, 6.07) is 0. The third kappa shape index (κ3) is 4.09. The minimum Gasteiger partial charge on any atom is -0.384 e. The van der Waals surface area contributed by atoms with Gasteiger partial charge in [0.15, 0.2) is 0 Å². The molecule has 0 N–H and O–H groups in total.